The molecule has 3 aromatic carbocycles. The fourth-order valence-corrected chi connectivity index (χ4v) is 4.06. The molecule has 2 N–H and O–H groups in total. The highest BCUT2D eigenvalue weighted by Gasteiger charge is 2.26. The number of aliphatic hydroxyl groups is 1. The van der Waals surface area contributed by atoms with Crippen LogP contribution in [0.15, 0.2) is 72.3 Å². The molecule has 0 bridgehead atoms. The highest BCUT2D eigenvalue weighted by atomic mass is 16.7. The summed E-state index contributed by atoms with van der Waals surface area (Å²) < 4.78 is 20.7. The Balaban J connectivity index is 0.000000695. The number of fused-ring (bicyclic) bond motifs is 1. The molecular weight excluding hydrogens is 528 g/mol. The summed E-state index contributed by atoms with van der Waals surface area (Å²) in [6.45, 7) is 0.0306. The van der Waals surface area contributed by atoms with Gasteiger partial charge in [-0.1, -0.05) is 43.9 Å². The van der Waals surface area contributed by atoms with Gasteiger partial charge in [0.15, 0.2) is 17.3 Å². The maximum Gasteiger partial charge on any atom is 0.337 e. The zero-order chi connectivity index (χ0) is 29.8. The number of aliphatic carboxylic acids is 1. The Kier molecular flexibility index (Phi) is 11.5. The number of esters is 1. The van der Waals surface area contributed by atoms with Gasteiger partial charge in [0.25, 0.3) is 0 Å². The van der Waals surface area contributed by atoms with E-state index in [-0.39, 0.29) is 24.4 Å². The van der Waals surface area contributed by atoms with E-state index in [1.165, 1.54) is 46.0 Å². The highest BCUT2D eigenvalue weighted by molar-refractivity contribution is 6.26. The lowest BCUT2D eigenvalue weighted by Gasteiger charge is -2.14. The zero-order valence-electron chi connectivity index (χ0n) is 23.3. The van der Waals surface area contributed by atoms with E-state index in [2.05, 4.69) is 0 Å². The van der Waals surface area contributed by atoms with Crippen molar-refractivity contribution in [1.82, 2.24) is 0 Å². The number of Topliss-reactive ketones (excluding diaryl/α,β-unsaturated/α-hetero) is 1. The van der Waals surface area contributed by atoms with Crippen LogP contribution >= 0.6 is 0 Å². The van der Waals surface area contributed by atoms with Gasteiger partial charge in [0.05, 0.1) is 25.4 Å². The largest absolute Gasteiger partial charge is 0.497 e. The van der Waals surface area contributed by atoms with Gasteiger partial charge >= 0.3 is 11.9 Å². The number of carbonyl (C=O) groups excluding carboxylic acids is 2. The third-order valence-corrected chi connectivity index (χ3v) is 6.53. The highest BCUT2D eigenvalue weighted by Crippen LogP contribution is 2.36. The molecule has 0 amide bonds. The molecule has 1 heterocycles. The molecule has 1 saturated carbocycles. The Morgan fingerprint density at radius 1 is 0.780 bits per heavy atom. The molecule has 5 rings (SSSR count). The number of rotatable bonds is 8. The van der Waals surface area contributed by atoms with Gasteiger partial charge in [-0.3, -0.25) is 4.79 Å². The number of allylic oxidation sites excluding steroid dienone is 1. The van der Waals surface area contributed by atoms with E-state index >= 15 is 0 Å². The van der Waals surface area contributed by atoms with E-state index in [1.54, 1.807) is 60.7 Å². The first kappa shape index (κ1) is 30.9. The molecule has 3 aromatic rings. The van der Waals surface area contributed by atoms with Crippen molar-refractivity contribution in [2.75, 3.05) is 28.1 Å². The number of benzene rings is 3. The van der Waals surface area contributed by atoms with Crippen molar-refractivity contribution in [3.63, 3.8) is 0 Å². The third kappa shape index (κ3) is 7.95. The van der Waals surface area contributed by atoms with Crippen LogP contribution in [0.25, 0.3) is 5.57 Å². The summed E-state index contributed by atoms with van der Waals surface area (Å²) in [4.78, 5) is 38.2. The summed E-state index contributed by atoms with van der Waals surface area (Å²) in [5, 5.41) is 17.2. The van der Waals surface area contributed by atoms with Crippen LogP contribution in [0.2, 0.25) is 0 Å². The summed E-state index contributed by atoms with van der Waals surface area (Å²) in [7, 11) is 3.79. The monoisotopic (exact) mass is 562 g/mol. The topological polar surface area (TPSA) is 129 Å². The predicted octanol–water partition coefficient (Wildman–Crippen LogP) is 5.34. The second-order valence-corrected chi connectivity index (χ2v) is 9.07. The summed E-state index contributed by atoms with van der Waals surface area (Å²) in [6.07, 6.45) is 5.96. The summed E-state index contributed by atoms with van der Waals surface area (Å²) in [5.41, 5.74) is 1.33. The van der Waals surface area contributed by atoms with Gasteiger partial charge in [-0.05, 0) is 59.7 Å². The number of hydrogen-bond acceptors (Lipinski definition) is 8. The lowest BCUT2D eigenvalue weighted by atomic mass is 9.89. The molecule has 1 aliphatic carbocycles. The minimum absolute atomic E-state index is 0.0306. The van der Waals surface area contributed by atoms with Crippen LogP contribution in [-0.2, 0) is 16.0 Å². The van der Waals surface area contributed by atoms with E-state index in [4.69, 9.17) is 24.1 Å². The van der Waals surface area contributed by atoms with Crippen molar-refractivity contribution < 1.29 is 43.5 Å². The Bertz CT molecular complexity index is 1380. The molecule has 1 aliphatic heterocycles. The van der Waals surface area contributed by atoms with Crippen LogP contribution in [0.1, 0.15) is 57.5 Å². The molecule has 0 radical (unpaired) electrons. The molecule has 1 fully saturated rings. The first-order chi connectivity index (χ1) is 19.9. The Morgan fingerprint density at radius 3 is 2.00 bits per heavy atom. The van der Waals surface area contributed by atoms with Crippen LogP contribution in [0.5, 0.6) is 17.2 Å². The van der Waals surface area contributed by atoms with Crippen molar-refractivity contribution in [3.8, 4) is 17.2 Å². The zero-order valence-corrected chi connectivity index (χ0v) is 23.3. The maximum absolute atomic E-state index is 13.7. The molecule has 216 valence electrons. The number of carboxylic acids is 1. The molecule has 41 heavy (non-hydrogen) atoms. The third-order valence-electron chi connectivity index (χ3n) is 6.53. The lowest BCUT2D eigenvalue weighted by molar-refractivity contribution is -0.130. The quantitative estimate of drug-likeness (QED) is 0.212. The van der Waals surface area contributed by atoms with Crippen molar-refractivity contribution in [3.05, 3.63) is 94.6 Å². The molecule has 0 atom stereocenters. The van der Waals surface area contributed by atoms with Crippen molar-refractivity contribution in [1.29, 1.82) is 0 Å². The Labute approximate surface area is 238 Å². The van der Waals surface area contributed by atoms with Gasteiger partial charge < -0.3 is 29.2 Å². The lowest BCUT2D eigenvalue weighted by Crippen LogP contribution is -2.14. The predicted molar refractivity (Wildman–Crippen MR) is 153 cm³/mol. The Morgan fingerprint density at radius 2 is 1.41 bits per heavy atom. The van der Waals surface area contributed by atoms with E-state index < -0.39 is 17.7 Å². The number of carbonyl (C=O) groups is 3. The fraction of sp³-hybridized carbons (Fsp3) is 0.281. The second-order valence-electron chi connectivity index (χ2n) is 9.07. The number of ether oxygens (including phenoxy) is 4. The van der Waals surface area contributed by atoms with Crippen LogP contribution in [-0.4, -0.2) is 56.1 Å². The maximum atomic E-state index is 13.7. The van der Waals surface area contributed by atoms with Gasteiger partial charge in [-0.25, -0.2) is 9.59 Å². The van der Waals surface area contributed by atoms with Crippen LogP contribution in [0, 0.1) is 0 Å². The number of aliphatic hydroxyl groups excluding tert-OH is 1. The first-order valence-electron chi connectivity index (χ1n) is 13.1. The minimum Gasteiger partial charge on any atom is -0.497 e. The number of ketones is 1. The number of methoxy groups -OCH3 is 2. The number of hydrogen-bond donors (Lipinski definition) is 2. The molecular formula is C32H34O9. The van der Waals surface area contributed by atoms with Crippen molar-refractivity contribution in [2.45, 2.75) is 32.1 Å². The first-order valence-corrected chi connectivity index (χ1v) is 13.1. The molecule has 9 nitrogen and oxygen atoms in total. The molecule has 0 spiro atoms. The van der Waals surface area contributed by atoms with E-state index in [0.29, 0.717) is 39.5 Å². The summed E-state index contributed by atoms with van der Waals surface area (Å²) >= 11 is 0. The SMILES string of the molecule is C1CCC1.CO.COC(=O)c1cccc(C/C(C(=O)c2ccc(OC)cc2)=C(/C(=O)O)c2ccc3c(c2)OCO3)c1. The Hall–Kier alpha value is -4.63. The van der Waals surface area contributed by atoms with E-state index in [0.717, 1.165) is 7.11 Å². The smallest absolute Gasteiger partial charge is 0.337 e. The molecule has 9 heteroatoms. The van der Waals surface area contributed by atoms with Gasteiger partial charge in [-0.15, -0.1) is 0 Å². The average Bonchev–Trinajstić information content (AvgIpc) is 3.44. The molecule has 2 aliphatic rings. The molecule has 0 saturated heterocycles. The van der Waals surface area contributed by atoms with Gasteiger partial charge in [-0.2, -0.15) is 0 Å². The van der Waals surface area contributed by atoms with Crippen LogP contribution in [0.4, 0.5) is 0 Å². The van der Waals surface area contributed by atoms with Gasteiger partial charge in [0.1, 0.15) is 5.75 Å². The van der Waals surface area contributed by atoms with E-state index in [1.807, 2.05) is 0 Å². The summed E-state index contributed by atoms with van der Waals surface area (Å²) in [6, 6.07) is 17.6. The standard InChI is InChI=1S/C27H22O8.C4H8.CH4O/c1-32-20-9-6-17(7-10-20)25(28)21(13-16-4-3-5-19(12-16)27(31)33-2)24(26(29)30)18-8-11-22-23(14-18)35-15-34-22;1-2-4-3-1;1-2/h3-12,14H,13,15H2,1-2H3,(H,29,30);1-4H2;2H,1H3/b24-21-;;. The van der Waals surface area contributed by atoms with Gasteiger partial charge in [0.2, 0.25) is 6.79 Å². The minimum atomic E-state index is -1.27. The fourth-order valence-electron chi connectivity index (χ4n) is 4.06. The van der Waals surface area contributed by atoms with Crippen molar-refractivity contribution in [2.24, 2.45) is 0 Å². The average molecular weight is 563 g/mol. The van der Waals surface area contributed by atoms with Crippen LogP contribution in [0.3, 0.4) is 0 Å². The van der Waals surface area contributed by atoms with Crippen LogP contribution < -0.4 is 14.2 Å². The molecule has 0 unspecified atom stereocenters. The summed E-state index contributed by atoms with van der Waals surface area (Å²) in [5.74, 6) is -0.825. The normalized spacial score (nSPS) is 13.2. The van der Waals surface area contributed by atoms with E-state index in [9.17, 15) is 19.5 Å². The van der Waals surface area contributed by atoms with Crippen molar-refractivity contribution >= 4 is 23.3 Å². The number of carboxylic acid groups (broad SMARTS) is 1. The molecule has 0 aromatic heterocycles. The van der Waals surface area contributed by atoms with Gasteiger partial charge in [0, 0.05) is 24.7 Å². The second kappa shape index (κ2) is 15.2.